The van der Waals surface area contributed by atoms with Gasteiger partial charge in [-0.15, -0.1) is 0 Å². The van der Waals surface area contributed by atoms with Gasteiger partial charge in [0.1, 0.15) is 10.6 Å². The molecule has 1 aliphatic carbocycles. The molecule has 0 atom stereocenters. The minimum atomic E-state index is -0.286. The first-order chi connectivity index (χ1) is 14.4. The van der Waals surface area contributed by atoms with Crippen molar-refractivity contribution in [2.75, 3.05) is 4.90 Å². The molecule has 156 valence electrons. The lowest BCUT2D eigenvalue weighted by Crippen LogP contribution is -2.37. The molecular formula is C24H25ClN2O2S. The molecule has 2 amide bonds. The van der Waals surface area contributed by atoms with Crippen LogP contribution in [0.25, 0.3) is 0 Å². The molecule has 6 heteroatoms. The second-order valence-electron chi connectivity index (χ2n) is 7.98. The van der Waals surface area contributed by atoms with Crippen LogP contribution in [-0.2, 0) is 9.59 Å². The number of amides is 2. The highest BCUT2D eigenvalue weighted by Crippen LogP contribution is 2.38. The Morgan fingerprint density at radius 2 is 1.67 bits per heavy atom. The molecule has 0 spiro atoms. The van der Waals surface area contributed by atoms with Gasteiger partial charge in [-0.2, -0.15) is 0 Å². The van der Waals surface area contributed by atoms with Gasteiger partial charge >= 0.3 is 0 Å². The highest BCUT2D eigenvalue weighted by atomic mass is 35.5. The fourth-order valence-electron chi connectivity index (χ4n) is 4.00. The number of hydrogen-bond donors (Lipinski definition) is 1. The molecule has 1 fully saturated rings. The Bertz CT molecular complexity index is 1010. The molecule has 2 aromatic rings. The van der Waals surface area contributed by atoms with Gasteiger partial charge in [-0.3, -0.25) is 9.59 Å². The van der Waals surface area contributed by atoms with Crippen molar-refractivity contribution in [3.8, 4) is 0 Å². The molecule has 2 aliphatic rings. The molecule has 0 saturated heterocycles. The van der Waals surface area contributed by atoms with Crippen molar-refractivity contribution >= 4 is 40.9 Å². The van der Waals surface area contributed by atoms with Crippen LogP contribution in [0.2, 0.25) is 5.02 Å². The minimum Gasteiger partial charge on any atom is -0.377 e. The summed E-state index contributed by atoms with van der Waals surface area (Å²) < 4.78 is 0. The van der Waals surface area contributed by atoms with E-state index in [0.29, 0.717) is 21.3 Å². The summed E-state index contributed by atoms with van der Waals surface area (Å²) in [6, 6.07) is 13.5. The third-order valence-electron chi connectivity index (χ3n) is 5.64. The van der Waals surface area contributed by atoms with Crippen LogP contribution < -0.4 is 10.2 Å². The van der Waals surface area contributed by atoms with E-state index in [9.17, 15) is 9.59 Å². The number of nitrogens with zero attached hydrogens (tertiary/aromatic N) is 1. The van der Waals surface area contributed by atoms with Gasteiger partial charge < -0.3 is 5.32 Å². The first-order valence-electron chi connectivity index (χ1n) is 10.3. The molecule has 2 aromatic carbocycles. The average molecular weight is 441 g/mol. The summed E-state index contributed by atoms with van der Waals surface area (Å²) in [6.45, 7) is 3.89. The van der Waals surface area contributed by atoms with E-state index in [4.69, 9.17) is 11.6 Å². The zero-order valence-electron chi connectivity index (χ0n) is 17.2. The van der Waals surface area contributed by atoms with E-state index in [2.05, 4.69) is 5.32 Å². The van der Waals surface area contributed by atoms with Crippen molar-refractivity contribution in [3.05, 3.63) is 69.2 Å². The van der Waals surface area contributed by atoms with Gasteiger partial charge in [0.25, 0.3) is 11.8 Å². The number of hydrogen-bond acceptors (Lipinski definition) is 4. The summed E-state index contributed by atoms with van der Waals surface area (Å²) in [7, 11) is 0. The Labute approximate surface area is 186 Å². The minimum absolute atomic E-state index is 0.227. The maximum Gasteiger partial charge on any atom is 0.282 e. The number of aryl methyl sites for hydroxylation is 2. The van der Waals surface area contributed by atoms with E-state index in [1.807, 2.05) is 38.1 Å². The normalized spacial score (nSPS) is 17.8. The maximum absolute atomic E-state index is 13.4. The first kappa shape index (κ1) is 21.0. The van der Waals surface area contributed by atoms with E-state index >= 15 is 0 Å². The van der Waals surface area contributed by atoms with Gasteiger partial charge in [0, 0.05) is 16.0 Å². The Balaban J connectivity index is 1.70. The smallest absolute Gasteiger partial charge is 0.282 e. The van der Waals surface area contributed by atoms with Gasteiger partial charge in [0.2, 0.25) is 0 Å². The second kappa shape index (κ2) is 8.86. The third kappa shape index (κ3) is 4.28. The maximum atomic E-state index is 13.4. The fourth-order valence-corrected chi connectivity index (χ4v) is 5.16. The number of carbonyl (C=O) groups is 2. The topological polar surface area (TPSA) is 49.4 Å². The van der Waals surface area contributed by atoms with E-state index in [-0.39, 0.29) is 17.9 Å². The molecule has 1 aliphatic heterocycles. The van der Waals surface area contributed by atoms with E-state index in [1.165, 1.54) is 23.1 Å². The van der Waals surface area contributed by atoms with Crippen LogP contribution in [0, 0.1) is 13.8 Å². The predicted octanol–water partition coefficient (Wildman–Crippen LogP) is 5.76. The Morgan fingerprint density at radius 3 is 2.33 bits per heavy atom. The van der Waals surface area contributed by atoms with Crippen molar-refractivity contribution in [1.29, 1.82) is 0 Å². The number of imide groups is 1. The van der Waals surface area contributed by atoms with Crippen LogP contribution in [0.1, 0.15) is 43.2 Å². The number of rotatable bonds is 5. The van der Waals surface area contributed by atoms with E-state index in [0.717, 1.165) is 41.7 Å². The van der Waals surface area contributed by atoms with Gasteiger partial charge in [-0.05, 0) is 62.6 Å². The Hall–Kier alpha value is -2.24. The summed E-state index contributed by atoms with van der Waals surface area (Å²) in [5.41, 5.74) is 2.95. The lowest BCUT2D eigenvalue weighted by Gasteiger charge is -2.24. The average Bonchev–Trinajstić information content (AvgIpc) is 2.95. The lowest BCUT2D eigenvalue weighted by molar-refractivity contribution is -0.120. The molecule has 0 unspecified atom stereocenters. The molecule has 4 nitrogen and oxygen atoms in total. The number of nitrogens with one attached hydrogen (secondary N) is 1. The van der Waals surface area contributed by atoms with Crippen LogP contribution in [0.15, 0.2) is 58.0 Å². The summed E-state index contributed by atoms with van der Waals surface area (Å²) in [4.78, 5) is 29.5. The molecular weight excluding hydrogens is 416 g/mol. The Morgan fingerprint density at radius 1 is 0.967 bits per heavy atom. The number of thioether (sulfide) groups is 1. The molecule has 4 rings (SSSR count). The standard InChI is InChI=1S/C24H25ClN2O2S/c1-15-8-11-19(12-9-15)30-22-21(26-18-6-4-3-5-7-18)23(28)27(24(22)29)20-13-10-17(25)14-16(20)2/h8-14,18,26H,3-7H2,1-2H3. The zero-order valence-corrected chi connectivity index (χ0v) is 18.8. The van der Waals surface area contributed by atoms with Crippen molar-refractivity contribution in [3.63, 3.8) is 0 Å². The second-order valence-corrected chi connectivity index (χ2v) is 9.50. The molecule has 0 aromatic heterocycles. The lowest BCUT2D eigenvalue weighted by atomic mass is 9.95. The zero-order chi connectivity index (χ0) is 21.3. The van der Waals surface area contributed by atoms with Crippen LogP contribution in [0.5, 0.6) is 0 Å². The summed E-state index contributed by atoms with van der Waals surface area (Å²) in [6.07, 6.45) is 5.56. The van der Waals surface area contributed by atoms with Crippen LogP contribution >= 0.6 is 23.4 Å². The van der Waals surface area contributed by atoms with E-state index in [1.54, 1.807) is 18.2 Å². The van der Waals surface area contributed by atoms with Gasteiger partial charge in [-0.25, -0.2) is 4.90 Å². The monoisotopic (exact) mass is 440 g/mol. The van der Waals surface area contributed by atoms with Gasteiger partial charge in [-0.1, -0.05) is 60.3 Å². The number of halogens is 1. The largest absolute Gasteiger partial charge is 0.377 e. The third-order valence-corrected chi connectivity index (χ3v) is 6.96. The quantitative estimate of drug-likeness (QED) is 0.601. The summed E-state index contributed by atoms with van der Waals surface area (Å²) in [5.74, 6) is -0.570. The van der Waals surface area contributed by atoms with Crippen molar-refractivity contribution in [1.82, 2.24) is 5.32 Å². The highest BCUT2D eigenvalue weighted by molar-refractivity contribution is 8.04. The van der Waals surface area contributed by atoms with Crippen molar-refractivity contribution < 1.29 is 9.59 Å². The van der Waals surface area contributed by atoms with Gasteiger partial charge in [0.15, 0.2) is 0 Å². The first-order valence-corrected chi connectivity index (χ1v) is 11.5. The SMILES string of the molecule is Cc1ccc(SC2=C(NC3CCCCC3)C(=O)N(c3ccc(Cl)cc3C)C2=O)cc1. The van der Waals surface area contributed by atoms with Crippen LogP contribution in [0.3, 0.4) is 0 Å². The van der Waals surface area contributed by atoms with Crippen LogP contribution in [0.4, 0.5) is 5.69 Å². The molecule has 0 bridgehead atoms. The van der Waals surface area contributed by atoms with Gasteiger partial charge in [0.05, 0.1) is 5.69 Å². The van der Waals surface area contributed by atoms with E-state index < -0.39 is 0 Å². The molecule has 1 N–H and O–H groups in total. The number of anilines is 1. The predicted molar refractivity (Wildman–Crippen MR) is 123 cm³/mol. The Kier molecular flexibility index (Phi) is 6.21. The molecule has 1 saturated carbocycles. The summed E-state index contributed by atoms with van der Waals surface area (Å²) in [5, 5.41) is 4.01. The molecule has 30 heavy (non-hydrogen) atoms. The number of benzene rings is 2. The fraction of sp³-hybridized carbons (Fsp3) is 0.333. The highest BCUT2D eigenvalue weighted by Gasteiger charge is 2.41. The van der Waals surface area contributed by atoms with Crippen molar-refractivity contribution in [2.24, 2.45) is 0 Å². The number of carbonyl (C=O) groups excluding carboxylic acids is 2. The molecule has 1 heterocycles. The van der Waals surface area contributed by atoms with Crippen LogP contribution in [-0.4, -0.2) is 17.9 Å². The summed E-state index contributed by atoms with van der Waals surface area (Å²) >= 11 is 7.44. The van der Waals surface area contributed by atoms with Crippen molar-refractivity contribution in [2.45, 2.75) is 56.9 Å². The molecule has 0 radical (unpaired) electrons.